The topological polar surface area (TPSA) is 30.5 Å². The number of unbranched alkanes of at least 4 members (excludes halogenated alkanes) is 1. The third kappa shape index (κ3) is 5.79. The number of nitrogens with one attached hydrogen (secondary N) is 1. The average molecular weight is 263 g/mol. The predicted molar refractivity (Wildman–Crippen MR) is 79.9 cm³/mol. The van der Waals surface area contributed by atoms with Crippen LogP contribution in [0.25, 0.3) is 0 Å². The Morgan fingerprint density at radius 3 is 2.74 bits per heavy atom. The molecule has 0 saturated heterocycles. The molecule has 0 amide bonds. The quantitative estimate of drug-likeness (QED) is 0.546. The Bertz CT molecular complexity index is 388. The van der Waals surface area contributed by atoms with Crippen LogP contribution in [0.15, 0.2) is 30.9 Å². The summed E-state index contributed by atoms with van der Waals surface area (Å²) in [6.45, 7) is 9.49. The molecule has 1 N–H and O–H groups in total. The molecule has 0 fully saturated rings. The first-order valence-electron chi connectivity index (χ1n) is 6.81. The Hall–Kier alpha value is -1.48. The van der Waals surface area contributed by atoms with Crippen LogP contribution in [-0.4, -0.2) is 19.8 Å². The van der Waals surface area contributed by atoms with Gasteiger partial charge in [-0.2, -0.15) is 0 Å². The van der Waals surface area contributed by atoms with E-state index in [2.05, 4.69) is 31.8 Å². The molecule has 0 saturated carbocycles. The molecule has 0 aliphatic carbocycles. The van der Waals surface area contributed by atoms with E-state index in [9.17, 15) is 0 Å². The first-order chi connectivity index (χ1) is 9.17. The molecule has 3 nitrogen and oxygen atoms in total. The average Bonchev–Trinajstić information content (AvgIpc) is 2.42. The van der Waals surface area contributed by atoms with Crippen molar-refractivity contribution < 1.29 is 9.47 Å². The van der Waals surface area contributed by atoms with Crippen LogP contribution in [0.4, 0.5) is 0 Å². The summed E-state index contributed by atoms with van der Waals surface area (Å²) >= 11 is 0. The molecule has 0 radical (unpaired) electrons. The van der Waals surface area contributed by atoms with Gasteiger partial charge in [-0.1, -0.05) is 26.0 Å². The molecule has 0 heterocycles. The molecule has 3 heteroatoms. The molecule has 19 heavy (non-hydrogen) atoms. The van der Waals surface area contributed by atoms with Gasteiger partial charge in [-0.05, 0) is 30.5 Å². The molecule has 0 unspecified atom stereocenters. The van der Waals surface area contributed by atoms with Crippen LogP contribution in [0.2, 0.25) is 0 Å². The summed E-state index contributed by atoms with van der Waals surface area (Å²) in [7, 11) is 1.67. The van der Waals surface area contributed by atoms with E-state index in [4.69, 9.17) is 9.47 Å². The summed E-state index contributed by atoms with van der Waals surface area (Å²) in [6.07, 6.45) is 3.85. The predicted octanol–water partition coefficient (Wildman–Crippen LogP) is 3.54. The minimum atomic E-state index is 0.473. The monoisotopic (exact) mass is 263 g/mol. The number of hydrogen-bond acceptors (Lipinski definition) is 3. The number of allylic oxidation sites excluding steroid dienone is 1. The Labute approximate surface area is 116 Å². The third-order valence-electron chi connectivity index (χ3n) is 2.75. The molecule has 1 rings (SSSR count). The van der Waals surface area contributed by atoms with Crippen LogP contribution in [0.3, 0.4) is 0 Å². The van der Waals surface area contributed by atoms with Crippen molar-refractivity contribution in [3.8, 4) is 11.5 Å². The number of benzene rings is 1. The van der Waals surface area contributed by atoms with Crippen LogP contribution in [0.5, 0.6) is 11.5 Å². The summed E-state index contributed by atoms with van der Waals surface area (Å²) in [5.41, 5.74) is 1.20. The van der Waals surface area contributed by atoms with Gasteiger partial charge in [0.15, 0.2) is 11.5 Å². The molecular weight excluding hydrogens is 238 g/mol. The maximum Gasteiger partial charge on any atom is 0.161 e. The van der Waals surface area contributed by atoms with Gasteiger partial charge in [0.05, 0.1) is 13.7 Å². The van der Waals surface area contributed by atoms with Gasteiger partial charge in [0.2, 0.25) is 0 Å². The largest absolute Gasteiger partial charge is 0.493 e. The van der Waals surface area contributed by atoms with Gasteiger partial charge in [0, 0.05) is 12.6 Å². The lowest BCUT2D eigenvalue weighted by molar-refractivity contribution is 0.290. The lowest BCUT2D eigenvalue weighted by Crippen LogP contribution is -2.21. The molecule has 1 aromatic carbocycles. The molecular formula is C16H25NO2. The second-order valence-electron chi connectivity index (χ2n) is 4.80. The standard InChI is InChI=1S/C16H25NO2/c1-5-6-7-10-19-15-9-8-14(11-16(15)18-4)12-17-13(2)3/h5,8-9,11,13,17H,1,6-7,10,12H2,2-4H3. The molecule has 0 atom stereocenters. The van der Waals surface area contributed by atoms with Crippen LogP contribution in [-0.2, 0) is 6.54 Å². The van der Waals surface area contributed by atoms with Gasteiger partial charge < -0.3 is 14.8 Å². The lowest BCUT2D eigenvalue weighted by Gasteiger charge is -2.13. The molecule has 0 aliphatic heterocycles. The number of ether oxygens (including phenoxy) is 2. The van der Waals surface area contributed by atoms with Crippen molar-refractivity contribution in [1.29, 1.82) is 0 Å². The number of hydrogen-bond donors (Lipinski definition) is 1. The minimum Gasteiger partial charge on any atom is -0.493 e. The highest BCUT2D eigenvalue weighted by Crippen LogP contribution is 2.28. The molecule has 0 spiro atoms. The maximum absolute atomic E-state index is 5.72. The second kappa shape index (κ2) is 8.59. The van der Waals surface area contributed by atoms with E-state index in [1.165, 1.54) is 5.56 Å². The van der Waals surface area contributed by atoms with Crippen molar-refractivity contribution in [2.75, 3.05) is 13.7 Å². The van der Waals surface area contributed by atoms with Crippen LogP contribution < -0.4 is 14.8 Å². The number of rotatable bonds is 9. The molecule has 0 aliphatic rings. The van der Waals surface area contributed by atoms with Crippen molar-refractivity contribution in [3.05, 3.63) is 36.4 Å². The fourth-order valence-electron chi connectivity index (χ4n) is 1.67. The molecule has 1 aromatic rings. The lowest BCUT2D eigenvalue weighted by atomic mass is 10.2. The third-order valence-corrected chi connectivity index (χ3v) is 2.75. The highest BCUT2D eigenvalue weighted by atomic mass is 16.5. The van der Waals surface area contributed by atoms with Crippen molar-refractivity contribution >= 4 is 0 Å². The smallest absolute Gasteiger partial charge is 0.161 e. The van der Waals surface area contributed by atoms with Crippen molar-refractivity contribution in [2.24, 2.45) is 0 Å². The highest BCUT2D eigenvalue weighted by Gasteiger charge is 2.06. The van der Waals surface area contributed by atoms with Crippen molar-refractivity contribution in [3.63, 3.8) is 0 Å². The molecule has 106 valence electrons. The van der Waals surface area contributed by atoms with Crippen LogP contribution in [0.1, 0.15) is 32.3 Å². The fourth-order valence-corrected chi connectivity index (χ4v) is 1.67. The SMILES string of the molecule is C=CCCCOc1ccc(CNC(C)C)cc1OC. The Kier molecular flexibility index (Phi) is 7.04. The first kappa shape index (κ1) is 15.6. The summed E-state index contributed by atoms with van der Waals surface area (Å²) in [5.74, 6) is 1.60. The van der Waals surface area contributed by atoms with Gasteiger partial charge >= 0.3 is 0 Å². The van der Waals surface area contributed by atoms with Gasteiger partial charge in [-0.3, -0.25) is 0 Å². The summed E-state index contributed by atoms with van der Waals surface area (Å²) in [5, 5.41) is 3.39. The van der Waals surface area contributed by atoms with Gasteiger partial charge in [0.25, 0.3) is 0 Å². The highest BCUT2D eigenvalue weighted by molar-refractivity contribution is 5.42. The summed E-state index contributed by atoms with van der Waals surface area (Å²) < 4.78 is 11.1. The van der Waals surface area contributed by atoms with Crippen molar-refractivity contribution in [2.45, 2.75) is 39.3 Å². The van der Waals surface area contributed by atoms with E-state index >= 15 is 0 Å². The van der Waals surface area contributed by atoms with Crippen LogP contribution >= 0.6 is 0 Å². The maximum atomic E-state index is 5.72. The zero-order valence-electron chi connectivity index (χ0n) is 12.2. The number of methoxy groups -OCH3 is 1. The van der Waals surface area contributed by atoms with E-state index in [0.717, 1.165) is 30.9 Å². The fraction of sp³-hybridized carbons (Fsp3) is 0.500. The second-order valence-corrected chi connectivity index (χ2v) is 4.80. The molecule has 0 bridgehead atoms. The summed E-state index contributed by atoms with van der Waals surface area (Å²) in [6, 6.07) is 6.55. The Balaban J connectivity index is 2.59. The Morgan fingerprint density at radius 2 is 2.11 bits per heavy atom. The zero-order chi connectivity index (χ0) is 14.1. The normalized spacial score (nSPS) is 10.5. The van der Waals surface area contributed by atoms with E-state index in [1.807, 2.05) is 18.2 Å². The van der Waals surface area contributed by atoms with E-state index in [1.54, 1.807) is 7.11 Å². The molecule has 0 aromatic heterocycles. The Morgan fingerprint density at radius 1 is 1.32 bits per heavy atom. The van der Waals surface area contributed by atoms with Gasteiger partial charge in [-0.25, -0.2) is 0 Å². The van der Waals surface area contributed by atoms with E-state index in [0.29, 0.717) is 12.6 Å². The minimum absolute atomic E-state index is 0.473. The van der Waals surface area contributed by atoms with Gasteiger partial charge in [0.1, 0.15) is 0 Å². The van der Waals surface area contributed by atoms with E-state index < -0.39 is 0 Å². The van der Waals surface area contributed by atoms with Gasteiger partial charge in [-0.15, -0.1) is 6.58 Å². The zero-order valence-corrected chi connectivity index (χ0v) is 12.2. The van der Waals surface area contributed by atoms with Crippen molar-refractivity contribution in [1.82, 2.24) is 5.32 Å². The first-order valence-corrected chi connectivity index (χ1v) is 6.81. The van der Waals surface area contributed by atoms with E-state index in [-0.39, 0.29) is 0 Å². The van der Waals surface area contributed by atoms with Crippen LogP contribution in [0, 0.1) is 0 Å². The summed E-state index contributed by atoms with van der Waals surface area (Å²) in [4.78, 5) is 0.